The van der Waals surface area contributed by atoms with Gasteiger partial charge in [-0.2, -0.15) is 0 Å². The van der Waals surface area contributed by atoms with Crippen LogP contribution in [0, 0.1) is 10.1 Å². The van der Waals surface area contributed by atoms with Crippen LogP contribution in [0.25, 0.3) is 0 Å². The van der Waals surface area contributed by atoms with Gasteiger partial charge >= 0.3 is 6.09 Å². The summed E-state index contributed by atoms with van der Waals surface area (Å²) in [7, 11) is 0. The largest absolute Gasteiger partial charge is 0.443 e. The monoisotopic (exact) mass is 382 g/mol. The summed E-state index contributed by atoms with van der Waals surface area (Å²) >= 11 is 0. The number of rotatable bonds is 4. The van der Waals surface area contributed by atoms with Crippen molar-refractivity contribution in [1.29, 1.82) is 0 Å². The van der Waals surface area contributed by atoms with Gasteiger partial charge in [-0.25, -0.2) is 9.69 Å². The Morgan fingerprint density at radius 3 is 2.36 bits per heavy atom. The van der Waals surface area contributed by atoms with Crippen LogP contribution in [0.4, 0.5) is 10.5 Å². The summed E-state index contributed by atoms with van der Waals surface area (Å²) < 4.78 is 5.40. The number of hydrogen-bond acceptors (Lipinski definition) is 5. The Morgan fingerprint density at radius 2 is 1.75 bits per heavy atom. The van der Waals surface area contributed by atoms with E-state index in [2.05, 4.69) is 0 Å². The molecule has 0 aromatic heterocycles. The van der Waals surface area contributed by atoms with Crippen LogP contribution < -0.4 is 4.90 Å². The van der Waals surface area contributed by atoms with Crippen molar-refractivity contribution in [2.75, 3.05) is 11.4 Å². The molecule has 0 aliphatic carbocycles. The Kier molecular flexibility index (Phi) is 5.18. The van der Waals surface area contributed by atoms with Crippen LogP contribution in [0.5, 0.6) is 0 Å². The number of amides is 2. The number of imide groups is 1. The summed E-state index contributed by atoms with van der Waals surface area (Å²) in [6.07, 6.45) is -0.777. The highest BCUT2D eigenvalue weighted by molar-refractivity contribution is 6.19. The molecule has 2 amide bonds. The van der Waals surface area contributed by atoms with E-state index in [1.54, 1.807) is 69.3 Å². The van der Waals surface area contributed by atoms with E-state index in [-0.39, 0.29) is 0 Å². The van der Waals surface area contributed by atoms with E-state index < -0.39 is 40.9 Å². The second-order valence-electron chi connectivity index (χ2n) is 7.72. The highest BCUT2D eigenvalue weighted by Crippen LogP contribution is 2.45. The molecule has 146 valence electrons. The highest BCUT2D eigenvalue weighted by Gasteiger charge is 2.47. The van der Waals surface area contributed by atoms with E-state index >= 15 is 0 Å². The third-order valence-electron chi connectivity index (χ3n) is 4.55. The van der Waals surface area contributed by atoms with Crippen molar-refractivity contribution in [2.45, 2.75) is 38.2 Å². The Hall–Kier alpha value is -3.22. The average Bonchev–Trinajstić information content (AvgIpc) is 2.91. The molecule has 2 aromatic carbocycles. The summed E-state index contributed by atoms with van der Waals surface area (Å²) in [6, 6.07) is 15.8. The van der Waals surface area contributed by atoms with Crippen molar-refractivity contribution in [3.05, 3.63) is 75.8 Å². The van der Waals surface area contributed by atoms with E-state index in [9.17, 15) is 19.7 Å². The predicted octanol–water partition coefficient (Wildman–Crippen LogP) is 4.11. The number of fused-ring (bicyclic) bond motifs is 1. The van der Waals surface area contributed by atoms with E-state index in [1.165, 1.54) is 0 Å². The first kappa shape index (κ1) is 19.5. The molecule has 0 N–H and O–H groups in total. The zero-order chi connectivity index (χ0) is 20.5. The van der Waals surface area contributed by atoms with Gasteiger partial charge in [0.25, 0.3) is 0 Å². The van der Waals surface area contributed by atoms with Gasteiger partial charge in [0, 0.05) is 4.92 Å². The van der Waals surface area contributed by atoms with Crippen LogP contribution in [0.2, 0.25) is 0 Å². The second kappa shape index (κ2) is 7.42. The van der Waals surface area contributed by atoms with Gasteiger partial charge in [0.2, 0.25) is 12.5 Å². The molecule has 1 unspecified atom stereocenters. The molecule has 0 fully saturated rings. The van der Waals surface area contributed by atoms with Gasteiger partial charge in [-0.05, 0) is 38.0 Å². The Bertz CT molecular complexity index is 905. The summed E-state index contributed by atoms with van der Waals surface area (Å²) in [5.74, 6) is -2.04. The molecule has 7 heteroatoms. The zero-order valence-corrected chi connectivity index (χ0v) is 16.0. The number of ether oxygens (including phenoxy) is 1. The number of benzene rings is 2. The molecular formula is C21H22N2O5. The van der Waals surface area contributed by atoms with Gasteiger partial charge < -0.3 is 4.74 Å². The summed E-state index contributed by atoms with van der Waals surface area (Å²) in [5.41, 5.74) is 0.910. The smallest absolute Gasteiger partial charge is 0.421 e. The number of nitrogens with zero attached hydrogens (tertiary/aromatic N) is 2. The van der Waals surface area contributed by atoms with Crippen molar-refractivity contribution < 1.29 is 19.2 Å². The number of hydrogen-bond donors (Lipinski definition) is 0. The van der Waals surface area contributed by atoms with Crippen molar-refractivity contribution in [1.82, 2.24) is 0 Å². The minimum Gasteiger partial charge on any atom is -0.443 e. The lowest BCUT2D eigenvalue weighted by molar-refractivity contribution is -0.483. The van der Waals surface area contributed by atoms with Crippen LogP contribution in [-0.4, -0.2) is 29.1 Å². The van der Waals surface area contributed by atoms with Gasteiger partial charge in [0.05, 0.1) is 17.5 Å². The van der Waals surface area contributed by atoms with Crippen molar-refractivity contribution in [3.63, 3.8) is 0 Å². The molecule has 0 saturated heterocycles. The number of para-hydroxylation sites is 1. The molecule has 3 rings (SSSR count). The quantitative estimate of drug-likeness (QED) is 0.586. The molecule has 2 atom stereocenters. The van der Waals surface area contributed by atoms with E-state index in [1.807, 2.05) is 6.07 Å². The molecule has 0 spiro atoms. The third kappa shape index (κ3) is 3.88. The minimum absolute atomic E-state index is 0.413. The Labute approximate surface area is 163 Å². The van der Waals surface area contributed by atoms with Crippen LogP contribution >= 0.6 is 0 Å². The molecule has 0 saturated carbocycles. The van der Waals surface area contributed by atoms with Gasteiger partial charge in [0.1, 0.15) is 5.60 Å². The van der Waals surface area contributed by atoms with Crippen LogP contribution in [0.1, 0.15) is 43.7 Å². The lowest BCUT2D eigenvalue weighted by Crippen LogP contribution is -2.40. The molecule has 0 radical (unpaired) electrons. The molecular weight excluding hydrogens is 360 g/mol. The fourth-order valence-electron chi connectivity index (χ4n) is 3.49. The first-order valence-electron chi connectivity index (χ1n) is 9.01. The second-order valence-corrected chi connectivity index (χ2v) is 7.72. The summed E-state index contributed by atoms with van der Waals surface area (Å²) in [6.45, 7) is 4.73. The molecule has 1 aliphatic heterocycles. The number of anilines is 1. The molecule has 1 aliphatic rings. The molecule has 7 nitrogen and oxygen atoms in total. The Balaban J connectivity index is 2.07. The predicted molar refractivity (Wildman–Crippen MR) is 104 cm³/mol. The van der Waals surface area contributed by atoms with Crippen LogP contribution in [0.15, 0.2) is 54.6 Å². The molecule has 0 bridgehead atoms. The van der Waals surface area contributed by atoms with Crippen LogP contribution in [-0.2, 0) is 9.53 Å². The van der Waals surface area contributed by atoms with Gasteiger partial charge in [-0.1, -0.05) is 48.5 Å². The zero-order valence-electron chi connectivity index (χ0n) is 16.0. The molecule has 28 heavy (non-hydrogen) atoms. The van der Waals surface area contributed by atoms with Crippen molar-refractivity contribution in [3.8, 4) is 0 Å². The minimum atomic E-state index is -0.837. The van der Waals surface area contributed by atoms with Gasteiger partial charge in [-0.15, -0.1) is 0 Å². The van der Waals surface area contributed by atoms with E-state index in [0.29, 0.717) is 16.8 Å². The topological polar surface area (TPSA) is 89.8 Å². The van der Waals surface area contributed by atoms with Gasteiger partial charge in [-0.3, -0.25) is 14.9 Å². The molecule has 1 heterocycles. The number of nitro groups is 1. The normalized spacial score (nSPS) is 17.2. The standard InChI is InChI=1S/C21H22N2O5/c1-21(2,3)28-20(25)23-17-12-8-7-11-15(17)18(19(23)24)16(13-22(26)27)14-9-5-4-6-10-14/h4-12,16,18H,13H2,1-3H3/t16-,18?/m1/s1. The van der Waals surface area contributed by atoms with Crippen molar-refractivity contribution >= 4 is 17.7 Å². The SMILES string of the molecule is CC(C)(C)OC(=O)N1C(=O)C([C@H](C[N+](=O)[O-])c2ccccc2)c2ccccc21. The maximum absolute atomic E-state index is 13.3. The van der Waals surface area contributed by atoms with E-state index in [0.717, 1.165) is 4.90 Å². The Morgan fingerprint density at radius 1 is 1.14 bits per heavy atom. The van der Waals surface area contributed by atoms with E-state index in [4.69, 9.17) is 4.74 Å². The van der Waals surface area contributed by atoms with Gasteiger partial charge in [0.15, 0.2) is 0 Å². The maximum Gasteiger partial charge on any atom is 0.421 e. The lowest BCUT2D eigenvalue weighted by Gasteiger charge is -2.24. The average molecular weight is 382 g/mol. The highest BCUT2D eigenvalue weighted by atomic mass is 16.6. The fraction of sp³-hybridized carbons (Fsp3) is 0.333. The third-order valence-corrected chi connectivity index (χ3v) is 4.55. The summed E-state index contributed by atoms with van der Waals surface area (Å²) in [4.78, 5) is 37.9. The number of carbonyl (C=O) groups is 2. The lowest BCUT2D eigenvalue weighted by atomic mass is 9.82. The molecule has 2 aromatic rings. The van der Waals surface area contributed by atoms with Crippen molar-refractivity contribution in [2.24, 2.45) is 0 Å². The first-order valence-corrected chi connectivity index (χ1v) is 9.01. The maximum atomic E-state index is 13.3. The number of carbonyl (C=O) groups excluding carboxylic acids is 2. The summed E-state index contributed by atoms with van der Waals surface area (Å²) in [5, 5.41) is 11.4. The first-order chi connectivity index (χ1) is 13.2. The van der Waals surface area contributed by atoms with Crippen LogP contribution in [0.3, 0.4) is 0 Å². The fourth-order valence-corrected chi connectivity index (χ4v) is 3.49.